The molecule has 0 radical (unpaired) electrons. The summed E-state index contributed by atoms with van der Waals surface area (Å²) >= 11 is 6.50. The van der Waals surface area contributed by atoms with Crippen LogP contribution in [0.25, 0.3) is 0 Å². The summed E-state index contributed by atoms with van der Waals surface area (Å²) in [6, 6.07) is 16.4. The molecule has 3 rings (SSSR count). The Hall–Kier alpha value is -2.72. The number of hydrogen-bond donors (Lipinski definition) is 1. The molecule has 0 saturated heterocycles. The molecule has 3 nitrogen and oxygen atoms in total. The lowest BCUT2D eigenvalue weighted by Gasteiger charge is -2.16. The van der Waals surface area contributed by atoms with Crippen LogP contribution < -0.4 is 14.8 Å². The molecule has 3 aromatic carbocycles. The van der Waals surface area contributed by atoms with Crippen molar-refractivity contribution in [1.29, 1.82) is 0 Å². The summed E-state index contributed by atoms with van der Waals surface area (Å²) in [6.07, 6.45) is 0. The van der Waals surface area contributed by atoms with Crippen LogP contribution in [0.15, 0.2) is 54.6 Å². The van der Waals surface area contributed by atoms with Crippen molar-refractivity contribution >= 4 is 17.3 Å². The highest BCUT2D eigenvalue weighted by molar-refractivity contribution is 6.32. The first kappa shape index (κ1) is 21.0. The van der Waals surface area contributed by atoms with Crippen LogP contribution in [0.5, 0.6) is 11.5 Å². The van der Waals surface area contributed by atoms with Gasteiger partial charge in [-0.05, 0) is 73.4 Å². The molecule has 0 aromatic heterocycles. The molecule has 0 spiro atoms. The largest absolute Gasteiger partial charge is 0.490 e. The first-order valence-corrected chi connectivity index (χ1v) is 9.97. The van der Waals surface area contributed by atoms with Gasteiger partial charge >= 0.3 is 0 Å². The van der Waals surface area contributed by atoms with E-state index >= 15 is 0 Å². The van der Waals surface area contributed by atoms with Crippen molar-refractivity contribution < 1.29 is 13.9 Å². The normalized spacial score (nSPS) is 10.7. The van der Waals surface area contributed by atoms with Crippen molar-refractivity contribution in [3.05, 3.63) is 87.7 Å². The number of aryl methyl sites for hydroxylation is 2. The highest BCUT2D eigenvalue weighted by atomic mass is 35.5. The molecule has 0 saturated carbocycles. The Morgan fingerprint density at radius 2 is 1.79 bits per heavy atom. The SMILES string of the molecule is CCOc1cc(CNc2cc(C)ccc2C)cc(Cl)c1OCc1cccc(F)c1. The van der Waals surface area contributed by atoms with E-state index in [2.05, 4.69) is 37.4 Å². The second-order valence-electron chi connectivity index (χ2n) is 6.93. The summed E-state index contributed by atoms with van der Waals surface area (Å²) < 4.78 is 25.0. The third kappa shape index (κ3) is 5.64. The number of rotatable bonds is 8. The van der Waals surface area contributed by atoms with Gasteiger partial charge in [-0.3, -0.25) is 0 Å². The number of benzene rings is 3. The van der Waals surface area contributed by atoms with Crippen LogP contribution in [-0.4, -0.2) is 6.61 Å². The first-order chi connectivity index (χ1) is 14.0. The molecule has 152 valence electrons. The van der Waals surface area contributed by atoms with Crippen LogP contribution >= 0.6 is 11.6 Å². The molecule has 29 heavy (non-hydrogen) atoms. The van der Waals surface area contributed by atoms with Crippen molar-refractivity contribution in [1.82, 2.24) is 0 Å². The molecule has 0 bridgehead atoms. The maximum absolute atomic E-state index is 13.4. The maximum Gasteiger partial charge on any atom is 0.180 e. The molecule has 0 amide bonds. The van der Waals surface area contributed by atoms with E-state index in [9.17, 15) is 4.39 Å². The van der Waals surface area contributed by atoms with E-state index in [1.807, 2.05) is 19.1 Å². The van der Waals surface area contributed by atoms with Crippen LogP contribution in [0.1, 0.15) is 29.2 Å². The maximum atomic E-state index is 13.4. The van der Waals surface area contributed by atoms with Gasteiger partial charge in [0.05, 0.1) is 11.6 Å². The molecule has 0 aliphatic rings. The van der Waals surface area contributed by atoms with Gasteiger partial charge in [-0.15, -0.1) is 0 Å². The lowest BCUT2D eigenvalue weighted by atomic mass is 10.1. The average molecular weight is 414 g/mol. The summed E-state index contributed by atoms with van der Waals surface area (Å²) in [7, 11) is 0. The first-order valence-electron chi connectivity index (χ1n) is 9.60. The summed E-state index contributed by atoms with van der Waals surface area (Å²) in [5.74, 6) is 0.748. The van der Waals surface area contributed by atoms with Crippen LogP contribution in [0.4, 0.5) is 10.1 Å². The van der Waals surface area contributed by atoms with Gasteiger partial charge in [0.15, 0.2) is 11.5 Å². The summed E-state index contributed by atoms with van der Waals surface area (Å²) in [5.41, 5.74) is 5.18. The van der Waals surface area contributed by atoms with Crippen LogP contribution in [0.2, 0.25) is 5.02 Å². The predicted molar refractivity (Wildman–Crippen MR) is 117 cm³/mol. The number of hydrogen-bond acceptors (Lipinski definition) is 3. The fourth-order valence-electron chi connectivity index (χ4n) is 3.03. The van der Waals surface area contributed by atoms with Gasteiger partial charge < -0.3 is 14.8 Å². The second-order valence-corrected chi connectivity index (χ2v) is 7.34. The molecular formula is C24H25ClFNO2. The minimum atomic E-state index is -0.296. The predicted octanol–water partition coefficient (Wildman–Crippen LogP) is 6.69. The van der Waals surface area contributed by atoms with Crippen molar-refractivity contribution in [3.8, 4) is 11.5 Å². The van der Waals surface area contributed by atoms with Gasteiger partial charge in [-0.2, -0.15) is 0 Å². The Kier molecular flexibility index (Phi) is 6.99. The Bertz CT molecular complexity index is 991. The monoisotopic (exact) mass is 413 g/mol. The van der Waals surface area contributed by atoms with Gasteiger partial charge in [-0.25, -0.2) is 4.39 Å². The minimum absolute atomic E-state index is 0.206. The summed E-state index contributed by atoms with van der Waals surface area (Å²) in [4.78, 5) is 0. The molecule has 0 fully saturated rings. The van der Waals surface area contributed by atoms with Gasteiger partial charge in [0.25, 0.3) is 0 Å². The quantitative estimate of drug-likeness (QED) is 0.446. The molecule has 0 atom stereocenters. The minimum Gasteiger partial charge on any atom is -0.490 e. The zero-order valence-corrected chi connectivity index (χ0v) is 17.6. The molecule has 3 aromatic rings. The fraction of sp³-hybridized carbons (Fsp3) is 0.250. The molecule has 0 aliphatic heterocycles. The van der Waals surface area contributed by atoms with Crippen LogP contribution in [-0.2, 0) is 13.2 Å². The highest BCUT2D eigenvalue weighted by Crippen LogP contribution is 2.37. The van der Waals surface area contributed by atoms with E-state index in [0.717, 1.165) is 16.8 Å². The van der Waals surface area contributed by atoms with E-state index < -0.39 is 0 Å². The number of ether oxygens (including phenoxy) is 2. The zero-order chi connectivity index (χ0) is 20.8. The van der Waals surface area contributed by atoms with Crippen molar-refractivity contribution in [2.24, 2.45) is 0 Å². The summed E-state index contributed by atoms with van der Waals surface area (Å²) in [6.45, 7) is 7.35. The van der Waals surface area contributed by atoms with Crippen molar-refractivity contribution in [3.63, 3.8) is 0 Å². The number of halogens is 2. The second kappa shape index (κ2) is 9.66. The standard InChI is InChI=1S/C24H25ClFNO2/c1-4-28-23-13-19(14-27-22-10-16(2)8-9-17(22)3)12-21(25)24(23)29-15-18-6-5-7-20(26)11-18/h5-13,27H,4,14-15H2,1-3H3. The molecule has 0 unspecified atom stereocenters. The van der Waals surface area contributed by atoms with Crippen molar-refractivity contribution in [2.75, 3.05) is 11.9 Å². The van der Waals surface area contributed by atoms with Crippen LogP contribution in [0, 0.1) is 19.7 Å². The Balaban J connectivity index is 1.77. The van der Waals surface area contributed by atoms with Gasteiger partial charge in [0, 0.05) is 12.2 Å². The van der Waals surface area contributed by atoms with Crippen LogP contribution in [0.3, 0.4) is 0 Å². The topological polar surface area (TPSA) is 30.5 Å². The molecule has 0 heterocycles. The molecular weight excluding hydrogens is 389 g/mol. The Morgan fingerprint density at radius 3 is 2.55 bits per heavy atom. The molecule has 0 aliphatic carbocycles. The summed E-state index contributed by atoms with van der Waals surface area (Å²) in [5, 5.41) is 3.92. The van der Waals surface area contributed by atoms with Gasteiger partial charge in [0.1, 0.15) is 12.4 Å². The average Bonchev–Trinajstić information content (AvgIpc) is 2.68. The van der Waals surface area contributed by atoms with Gasteiger partial charge in [-0.1, -0.05) is 35.9 Å². The zero-order valence-electron chi connectivity index (χ0n) is 16.9. The van der Waals surface area contributed by atoms with E-state index in [0.29, 0.717) is 29.7 Å². The lowest BCUT2D eigenvalue weighted by Crippen LogP contribution is -2.05. The number of nitrogens with one attached hydrogen (secondary N) is 1. The number of anilines is 1. The van der Waals surface area contributed by atoms with E-state index in [-0.39, 0.29) is 12.4 Å². The Morgan fingerprint density at radius 1 is 0.966 bits per heavy atom. The van der Waals surface area contributed by atoms with E-state index in [1.165, 1.54) is 23.3 Å². The molecule has 5 heteroatoms. The van der Waals surface area contributed by atoms with Crippen molar-refractivity contribution in [2.45, 2.75) is 33.9 Å². The smallest absolute Gasteiger partial charge is 0.180 e. The highest BCUT2D eigenvalue weighted by Gasteiger charge is 2.13. The van der Waals surface area contributed by atoms with E-state index in [1.54, 1.807) is 12.1 Å². The Labute approximate surface area is 176 Å². The fourth-order valence-corrected chi connectivity index (χ4v) is 3.32. The van der Waals surface area contributed by atoms with E-state index in [4.69, 9.17) is 21.1 Å². The third-order valence-electron chi connectivity index (χ3n) is 4.52. The lowest BCUT2D eigenvalue weighted by molar-refractivity contribution is 0.269. The third-order valence-corrected chi connectivity index (χ3v) is 4.80. The van der Waals surface area contributed by atoms with Gasteiger partial charge in [0.2, 0.25) is 0 Å². The molecule has 1 N–H and O–H groups in total.